The highest BCUT2D eigenvalue weighted by Crippen LogP contribution is 2.25. The van der Waals surface area contributed by atoms with Crippen molar-refractivity contribution >= 4 is 17.3 Å². The molecule has 0 bridgehead atoms. The third-order valence-electron chi connectivity index (χ3n) is 4.90. The molecule has 3 aromatic carbocycles. The van der Waals surface area contributed by atoms with Gasteiger partial charge in [0.2, 0.25) is 5.91 Å². The van der Waals surface area contributed by atoms with Crippen LogP contribution >= 0.6 is 0 Å². The maximum atomic E-state index is 13.2. The third-order valence-corrected chi connectivity index (χ3v) is 4.90. The molecule has 1 heterocycles. The predicted octanol–water partition coefficient (Wildman–Crippen LogP) is 4.57. The van der Waals surface area contributed by atoms with Crippen molar-refractivity contribution in [2.24, 2.45) is 0 Å². The number of anilines is 2. The van der Waals surface area contributed by atoms with Crippen molar-refractivity contribution in [3.63, 3.8) is 0 Å². The van der Waals surface area contributed by atoms with Gasteiger partial charge in [-0.25, -0.2) is 4.39 Å². The van der Waals surface area contributed by atoms with E-state index in [4.69, 9.17) is 0 Å². The minimum Gasteiger partial charge on any atom is -0.367 e. The highest BCUT2D eigenvalue weighted by molar-refractivity contribution is 5.92. The van der Waals surface area contributed by atoms with E-state index >= 15 is 0 Å². The lowest BCUT2D eigenvalue weighted by Gasteiger charge is -2.30. The van der Waals surface area contributed by atoms with Crippen LogP contribution < -0.4 is 10.2 Å². The number of rotatable bonds is 4. The first kappa shape index (κ1) is 17.3. The van der Waals surface area contributed by atoms with Crippen LogP contribution in [-0.2, 0) is 24.2 Å². The van der Waals surface area contributed by atoms with Crippen LogP contribution in [-0.4, -0.2) is 12.5 Å². The zero-order chi connectivity index (χ0) is 18.6. The summed E-state index contributed by atoms with van der Waals surface area (Å²) in [7, 11) is 0. The smallest absolute Gasteiger partial charge is 0.228 e. The Morgan fingerprint density at radius 3 is 2.52 bits per heavy atom. The average molecular weight is 360 g/mol. The zero-order valence-electron chi connectivity index (χ0n) is 15.0. The van der Waals surface area contributed by atoms with E-state index in [1.807, 2.05) is 24.3 Å². The maximum absolute atomic E-state index is 13.2. The molecule has 4 rings (SSSR count). The number of nitrogens with zero attached hydrogens (tertiary/aromatic N) is 1. The first-order valence-electron chi connectivity index (χ1n) is 9.13. The Bertz CT molecular complexity index is 953. The molecule has 0 spiro atoms. The Hall–Kier alpha value is -3.14. The molecule has 1 N–H and O–H groups in total. The molecule has 27 heavy (non-hydrogen) atoms. The number of benzene rings is 3. The van der Waals surface area contributed by atoms with Gasteiger partial charge >= 0.3 is 0 Å². The van der Waals surface area contributed by atoms with Crippen molar-refractivity contribution in [3.05, 3.63) is 95.3 Å². The third kappa shape index (κ3) is 4.17. The Kier molecular flexibility index (Phi) is 4.88. The fraction of sp³-hybridized carbons (Fsp3) is 0.174. The molecule has 136 valence electrons. The van der Waals surface area contributed by atoms with Crippen molar-refractivity contribution in [3.8, 4) is 0 Å². The monoisotopic (exact) mass is 360 g/mol. The quantitative estimate of drug-likeness (QED) is 0.739. The van der Waals surface area contributed by atoms with E-state index in [-0.39, 0.29) is 18.1 Å². The molecule has 4 heteroatoms. The van der Waals surface area contributed by atoms with E-state index in [1.54, 1.807) is 12.1 Å². The molecule has 0 aliphatic carbocycles. The van der Waals surface area contributed by atoms with E-state index in [0.717, 1.165) is 30.9 Å². The number of carbonyl (C=O) groups excluding carboxylic acids is 1. The van der Waals surface area contributed by atoms with Crippen molar-refractivity contribution in [2.45, 2.75) is 19.4 Å². The maximum Gasteiger partial charge on any atom is 0.228 e. The van der Waals surface area contributed by atoms with Crippen LogP contribution in [0.1, 0.15) is 16.7 Å². The topological polar surface area (TPSA) is 32.3 Å². The molecule has 1 aliphatic heterocycles. The minimum absolute atomic E-state index is 0.153. The summed E-state index contributed by atoms with van der Waals surface area (Å²) < 4.78 is 13.2. The Labute approximate surface area is 158 Å². The van der Waals surface area contributed by atoms with Crippen molar-refractivity contribution in [2.75, 3.05) is 16.8 Å². The van der Waals surface area contributed by atoms with Gasteiger partial charge in [-0.1, -0.05) is 36.4 Å². The minimum atomic E-state index is -0.326. The lowest BCUT2D eigenvalue weighted by Crippen LogP contribution is -2.30. The van der Waals surface area contributed by atoms with Crippen molar-refractivity contribution < 1.29 is 9.18 Å². The Balaban J connectivity index is 1.38. The van der Waals surface area contributed by atoms with Crippen LogP contribution in [0.15, 0.2) is 72.8 Å². The summed E-state index contributed by atoms with van der Waals surface area (Å²) in [5.74, 6) is -0.479. The lowest BCUT2D eigenvalue weighted by molar-refractivity contribution is -0.115. The van der Waals surface area contributed by atoms with Gasteiger partial charge in [0.25, 0.3) is 0 Å². The number of amides is 1. The van der Waals surface area contributed by atoms with Crippen LogP contribution in [0.5, 0.6) is 0 Å². The number of nitrogens with one attached hydrogen (secondary N) is 1. The van der Waals surface area contributed by atoms with Crippen LogP contribution in [0.4, 0.5) is 15.8 Å². The van der Waals surface area contributed by atoms with Gasteiger partial charge in [0, 0.05) is 24.5 Å². The number of carbonyl (C=O) groups is 1. The van der Waals surface area contributed by atoms with E-state index in [0.29, 0.717) is 5.56 Å². The first-order chi connectivity index (χ1) is 13.2. The van der Waals surface area contributed by atoms with E-state index in [9.17, 15) is 9.18 Å². The molecular weight excluding hydrogens is 339 g/mol. The SMILES string of the molecule is O=C(Cc1cccc(F)c1)Nc1ccc(N2CCc3ccccc3C2)cc1. The normalized spacial score (nSPS) is 13.1. The summed E-state index contributed by atoms with van der Waals surface area (Å²) in [4.78, 5) is 14.5. The molecule has 1 aliphatic rings. The summed E-state index contributed by atoms with van der Waals surface area (Å²) in [6, 6.07) is 22.6. The van der Waals surface area contributed by atoms with E-state index in [1.165, 1.54) is 23.3 Å². The Morgan fingerprint density at radius 2 is 1.74 bits per heavy atom. The highest BCUT2D eigenvalue weighted by atomic mass is 19.1. The van der Waals surface area contributed by atoms with Crippen molar-refractivity contribution in [1.82, 2.24) is 0 Å². The largest absolute Gasteiger partial charge is 0.367 e. The standard InChI is InChI=1S/C23H21FN2O/c24-20-7-3-4-17(14-20)15-23(27)25-21-8-10-22(11-9-21)26-13-12-18-5-1-2-6-19(18)16-26/h1-11,14H,12-13,15-16H2,(H,25,27). The molecule has 0 fully saturated rings. The molecule has 0 saturated heterocycles. The number of hydrogen-bond acceptors (Lipinski definition) is 2. The molecule has 0 saturated carbocycles. The molecular formula is C23H21FN2O. The summed E-state index contributed by atoms with van der Waals surface area (Å²) in [5.41, 5.74) is 5.35. The number of fused-ring (bicyclic) bond motifs is 1. The molecule has 0 radical (unpaired) electrons. The summed E-state index contributed by atoms with van der Waals surface area (Å²) in [5, 5.41) is 2.88. The van der Waals surface area contributed by atoms with Crippen LogP contribution in [0.3, 0.4) is 0 Å². The predicted molar refractivity (Wildman–Crippen MR) is 106 cm³/mol. The number of halogens is 1. The molecule has 0 unspecified atom stereocenters. The molecule has 3 nitrogen and oxygen atoms in total. The van der Waals surface area contributed by atoms with Gasteiger partial charge in [0.05, 0.1) is 6.42 Å². The second-order valence-corrected chi connectivity index (χ2v) is 6.84. The van der Waals surface area contributed by atoms with Gasteiger partial charge < -0.3 is 10.2 Å². The second-order valence-electron chi connectivity index (χ2n) is 6.84. The van der Waals surface area contributed by atoms with Crippen LogP contribution in [0.25, 0.3) is 0 Å². The molecule has 0 atom stereocenters. The van der Waals surface area contributed by atoms with Crippen LogP contribution in [0.2, 0.25) is 0 Å². The summed E-state index contributed by atoms with van der Waals surface area (Å²) in [6.45, 7) is 1.89. The van der Waals surface area contributed by atoms with Crippen LogP contribution in [0, 0.1) is 5.82 Å². The lowest BCUT2D eigenvalue weighted by atomic mass is 9.99. The van der Waals surface area contributed by atoms with Gasteiger partial charge in [-0.15, -0.1) is 0 Å². The number of hydrogen-bond donors (Lipinski definition) is 1. The van der Waals surface area contributed by atoms with E-state index < -0.39 is 0 Å². The van der Waals surface area contributed by atoms with Gasteiger partial charge in [-0.2, -0.15) is 0 Å². The highest BCUT2D eigenvalue weighted by Gasteiger charge is 2.16. The molecule has 1 amide bonds. The molecule has 3 aromatic rings. The summed E-state index contributed by atoms with van der Waals surface area (Å²) in [6.07, 6.45) is 1.20. The fourth-order valence-corrected chi connectivity index (χ4v) is 3.51. The fourth-order valence-electron chi connectivity index (χ4n) is 3.51. The van der Waals surface area contributed by atoms with E-state index in [2.05, 4.69) is 34.5 Å². The van der Waals surface area contributed by atoms with Gasteiger partial charge in [-0.05, 0) is 59.5 Å². The second kappa shape index (κ2) is 7.62. The molecule has 0 aromatic heterocycles. The van der Waals surface area contributed by atoms with Crippen molar-refractivity contribution in [1.29, 1.82) is 0 Å². The van der Waals surface area contributed by atoms with Gasteiger partial charge in [0.1, 0.15) is 5.82 Å². The first-order valence-corrected chi connectivity index (χ1v) is 9.13. The Morgan fingerprint density at radius 1 is 0.963 bits per heavy atom. The average Bonchev–Trinajstić information content (AvgIpc) is 2.68. The zero-order valence-corrected chi connectivity index (χ0v) is 15.0. The summed E-state index contributed by atoms with van der Waals surface area (Å²) >= 11 is 0. The van der Waals surface area contributed by atoms with Gasteiger partial charge in [-0.3, -0.25) is 4.79 Å². The van der Waals surface area contributed by atoms with Gasteiger partial charge in [0.15, 0.2) is 0 Å².